The molecule has 4 aliphatic heterocycles. The van der Waals surface area contributed by atoms with Gasteiger partial charge in [0.1, 0.15) is 0 Å². The lowest BCUT2D eigenvalue weighted by atomic mass is 9.60. The lowest BCUT2D eigenvalue weighted by molar-refractivity contribution is -0.149. The van der Waals surface area contributed by atoms with Gasteiger partial charge in [0.15, 0.2) is 5.82 Å². The number of hydrogen-bond donors (Lipinski definition) is 1. The molecule has 0 bridgehead atoms. The number of fused-ring (bicyclic) bond motifs is 2. The summed E-state index contributed by atoms with van der Waals surface area (Å²) in [5.41, 5.74) is 5.65. The van der Waals surface area contributed by atoms with Gasteiger partial charge < -0.3 is 14.5 Å². The highest BCUT2D eigenvalue weighted by atomic mass is 35.5. The summed E-state index contributed by atoms with van der Waals surface area (Å²) in [6.45, 7) is 19.7. The van der Waals surface area contributed by atoms with Gasteiger partial charge >= 0.3 is 0 Å². The molecule has 9 nitrogen and oxygen atoms in total. The van der Waals surface area contributed by atoms with Gasteiger partial charge in [-0.15, -0.1) is 0 Å². The van der Waals surface area contributed by atoms with Crippen molar-refractivity contribution in [1.82, 2.24) is 29.8 Å². The van der Waals surface area contributed by atoms with Crippen LogP contribution in [0.1, 0.15) is 63.3 Å². The van der Waals surface area contributed by atoms with Crippen molar-refractivity contribution in [3.63, 3.8) is 0 Å². The highest BCUT2D eigenvalue weighted by Crippen LogP contribution is 2.56. The quantitative estimate of drug-likeness (QED) is 0.348. The number of amides is 1. The van der Waals surface area contributed by atoms with Crippen molar-refractivity contribution in [2.75, 3.05) is 50.8 Å². The molecule has 1 aromatic carbocycles. The number of nitrogens with zero attached hydrogens (tertiary/aromatic N) is 6. The van der Waals surface area contributed by atoms with Crippen LogP contribution >= 0.6 is 11.6 Å². The summed E-state index contributed by atoms with van der Waals surface area (Å²) >= 11 is 6.87. The van der Waals surface area contributed by atoms with Crippen LogP contribution in [-0.4, -0.2) is 93.2 Å². The second kappa shape index (κ2) is 10.6. The third-order valence-electron chi connectivity index (χ3n) is 12.0. The first-order valence-corrected chi connectivity index (χ1v) is 17.2. The smallest absolute Gasteiger partial charge is 0.245 e. The second-order valence-electron chi connectivity index (χ2n) is 15.4. The van der Waals surface area contributed by atoms with Crippen molar-refractivity contribution in [2.24, 2.45) is 17.3 Å². The van der Waals surface area contributed by atoms with Gasteiger partial charge in [0.05, 0.1) is 31.0 Å². The van der Waals surface area contributed by atoms with E-state index in [1.807, 2.05) is 17.2 Å². The molecule has 3 aromatic rings. The van der Waals surface area contributed by atoms with Gasteiger partial charge in [0.25, 0.3) is 0 Å². The fourth-order valence-corrected chi connectivity index (χ4v) is 9.85. The number of ether oxygens (including phenoxy) is 1. The van der Waals surface area contributed by atoms with Crippen molar-refractivity contribution in [2.45, 2.75) is 77.4 Å². The number of anilines is 1. The summed E-state index contributed by atoms with van der Waals surface area (Å²) < 4.78 is 8.14. The van der Waals surface area contributed by atoms with E-state index in [2.05, 4.69) is 59.0 Å². The zero-order chi connectivity index (χ0) is 31.2. The third kappa shape index (κ3) is 4.67. The van der Waals surface area contributed by atoms with Gasteiger partial charge in [-0.25, -0.2) is 0 Å². The normalized spacial score (nSPS) is 27.6. The number of nitrogens with one attached hydrogen (secondary N) is 1. The molecule has 1 amide bonds. The molecule has 1 aliphatic carbocycles. The molecule has 240 valence electrons. The average molecular weight is 632 g/mol. The minimum absolute atomic E-state index is 0.0382. The molecule has 5 aliphatic rings. The first kappa shape index (κ1) is 29.5. The second-order valence-corrected chi connectivity index (χ2v) is 15.8. The lowest BCUT2D eigenvalue weighted by Gasteiger charge is -2.58. The third-order valence-corrected chi connectivity index (χ3v) is 12.4. The van der Waals surface area contributed by atoms with Crippen molar-refractivity contribution >= 4 is 34.2 Å². The Kier molecular flexibility index (Phi) is 6.94. The van der Waals surface area contributed by atoms with Crippen molar-refractivity contribution < 1.29 is 9.53 Å². The standard InChI is InChI=1S/C35H46ClN7O2/c1-6-30(44)41-19-35(20-41)13-25(14-35)43-22(3)32(31-21(2)27(36)11-28-26(31)15-37-38-28)33(39-43)42-10-7-23(12-34(42,4)5)16-40-9-8-24-17-45-18-29(24)40/h6,11,15,23-25,29H,1,7-10,12-14,16-20H2,2-5H3,(H,37,38)/t23-,24+,29+/m1/s1. The van der Waals surface area contributed by atoms with Crippen molar-refractivity contribution in [3.8, 4) is 11.1 Å². The molecule has 1 spiro atoms. The van der Waals surface area contributed by atoms with E-state index >= 15 is 0 Å². The first-order chi connectivity index (χ1) is 21.6. The summed E-state index contributed by atoms with van der Waals surface area (Å²) in [6, 6.07) is 2.91. The molecule has 4 saturated heterocycles. The number of hydrogen-bond acceptors (Lipinski definition) is 6. The number of H-pyrrole nitrogens is 1. The van der Waals surface area contributed by atoms with Crippen LogP contribution in [0.15, 0.2) is 24.9 Å². The van der Waals surface area contributed by atoms with Crippen LogP contribution < -0.4 is 4.90 Å². The van der Waals surface area contributed by atoms with Crippen molar-refractivity contribution in [3.05, 3.63) is 41.2 Å². The molecule has 10 heteroatoms. The number of carbonyl (C=O) groups excluding carboxylic acids is 1. The van der Waals surface area contributed by atoms with E-state index in [9.17, 15) is 4.79 Å². The Bertz CT molecular complexity index is 1660. The van der Waals surface area contributed by atoms with E-state index in [-0.39, 0.29) is 16.9 Å². The first-order valence-electron chi connectivity index (χ1n) is 16.8. The molecular formula is C35H46ClN7O2. The van der Waals surface area contributed by atoms with Gasteiger partial charge in [-0.05, 0) is 90.0 Å². The number of aromatic nitrogens is 4. The SMILES string of the molecule is C=CC(=O)N1CC2(CC(n3nc(N4CC[C@@H](CN5CC[C@H]6COC[C@@H]65)CC4(C)C)c(-c4c(C)c(Cl)cc5[nH]ncc45)c3C)C2)C1. The summed E-state index contributed by atoms with van der Waals surface area (Å²) in [5.74, 6) is 2.48. The van der Waals surface area contributed by atoms with E-state index in [1.165, 1.54) is 36.8 Å². The largest absolute Gasteiger partial charge is 0.379 e. The van der Waals surface area contributed by atoms with Gasteiger partial charge in [-0.3, -0.25) is 19.5 Å². The summed E-state index contributed by atoms with van der Waals surface area (Å²) in [6.07, 6.45) is 9.00. The average Bonchev–Trinajstić information content (AvgIpc) is 3.74. The van der Waals surface area contributed by atoms with E-state index in [0.29, 0.717) is 18.0 Å². The minimum Gasteiger partial charge on any atom is -0.379 e. The maximum absolute atomic E-state index is 12.1. The molecule has 0 unspecified atom stereocenters. The fourth-order valence-electron chi connectivity index (χ4n) is 9.65. The fraction of sp³-hybridized carbons (Fsp3) is 0.629. The Morgan fingerprint density at radius 1 is 1.16 bits per heavy atom. The molecule has 45 heavy (non-hydrogen) atoms. The van der Waals surface area contributed by atoms with Crippen LogP contribution in [0.4, 0.5) is 5.82 Å². The molecule has 0 radical (unpaired) electrons. The predicted molar refractivity (Wildman–Crippen MR) is 178 cm³/mol. The Morgan fingerprint density at radius 3 is 2.71 bits per heavy atom. The van der Waals surface area contributed by atoms with Crippen LogP contribution in [-0.2, 0) is 9.53 Å². The van der Waals surface area contributed by atoms with Gasteiger partial charge in [-0.1, -0.05) is 18.2 Å². The molecule has 5 fully saturated rings. The minimum atomic E-state index is -0.0586. The number of rotatable bonds is 6. The Labute approximate surface area is 270 Å². The van der Waals surface area contributed by atoms with Crippen LogP contribution in [0.25, 0.3) is 22.0 Å². The monoisotopic (exact) mass is 631 g/mol. The van der Waals surface area contributed by atoms with Crippen LogP contribution in [0.5, 0.6) is 0 Å². The van der Waals surface area contributed by atoms with Crippen molar-refractivity contribution in [1.29, 1.82) is 0 Å². The summed E-state index contributed by atoms with van der Waals surface area (Å²) in [7, 11) is 0. The highest BCUT2D eigenvalue weighted by molar-refractivity contribution is 6.33. The Morgan fingerprint density at radius 2 is 1.96 bits per heavy atom. The molecule has 3 atom stereocenters. The zero-order valence-corrected chi connectivity index (χ0v) is 27.9. The maximum atomic E-state index is 12.1. The number of carbonyl (C=O) groups is 1. The number of benzene rings is 1. The number of likely N-dealkylation sites (tertiary alicyclic amines) is 2. The highest BCUT2D eigenvalue weighted by Gasteiger charge is 2.55. The predicted octanol–water partition coefficient (Wildman–Crippen LogP) is 5.76. The maximum Gasteiger partial charge on any atom is 0.245 e. The lowest BCUT2D eigenvalue weighted by Crippen LogP contribution is -2.63. The van der Waals surface area contributed by atoms with Gasteiger partial charge in [0, 0.05) is 76.3 Å². The molecule has 1 N–H and O–H groups in total. The molecule has 2 aromatic heterocycles. The molecular weight excluding hydrogens is 586 g/mol. The Balaban J connectivity index is 1.12. The number of piperidine rings is 1. The van der Waals surface area contributed by atoms with E-state index < -0.39 is 0 Å². The van der Waals surface area contributed by atoms with Gasteiger partial charge in [0.2, 0.25) is 5.91 Å². The van der Waals surface area contributed by atoms with Crippen LogP contribution in [0.3, 0.4) is 0 Å². The molecule has 8 rings (SSSR count). The number of halogens is 1. The van der Waals surface area contributed by atoms with E-state index in [0.717, 1.165) is 97.3 Å². The Hall–Kier alpha value is -2.88. The molecule has 6 heterocycles. The molecule has 1 saturated carbocycles. The van der Waals surface area contributed by atoms with Gasteiger partial charge in [-0.2, -0.15) is 10.2 Å². The summed E-state index contributed by atoms with van der Waals surface area (Å²) in [5, 5.41) is 14.9. The zero-order valence-electron chi connectivity index (χ0n) is 27.1. The number of aromatic amines is 1. The van der Waals surface area contributed by atoms with Crippen LogP contribution in [0.2, 0.25) is 5.02 Å². The summed E-state index contributed by atoms with van der Waals surface area (Å²) in [4.78, 5) is 19.4. The topological polar surface area (TPSA) is 82.5 Å². The van der Waals surface area contributed by atoms with Crippen LogP contribution in [0, 0.1) is 31.1 Å². The van der Waals surface area contributed by atoms with E-state index in [1.54, 1.807) is 0 Å². The van der Waals surface area contributed by atoms with E-state index in [4.69, 9.17) is 21.4 Å².